The Hall–Kier alpha value is -3.02. The Balaban J connectivity index is 1.57. The summed E-state index contributed by atoms with van der Waals surface area (Å²) in [5, 5.41) is 5.42. The topological polar surface area (TPSA) is 76.7 Å². The molecular formula is C18H18N2O4. The van der Waals surface area contributed by atoms with E-state index >= 15 is 0 Å². The molecule has 0 aliphatic carbocycles. The lowest BCUT2D eigenvalue weighted by Crippen LogP contribution is -2.22. The Labute approximate surface area is 139 Å². The minimum absolute atomic E-state index is 0.261. The maximum atomic E-state index is 12.0. The minimum Gasteiger partial charge on any atom is -0.486 e. The predicted molar refractivity (Wildman–Crippen MR) is 90.5 cm³/mol. The second-order valence-electron chi connectivity index (χ2n) is 5.45. The zero-order valence-corrected chi connectivity index (χ0v) is 13.3. The van der Waals surface area contributed by atoms with Crippen molar-refractivity contribution in [1.82, 2.24) is 0 Å². The van der Waals surface area contributed by atoms with Gasteiger partial charge in [0, 0.05) is 17.4 Å². The smallest absolute Gasteiger partial charge is 0.233 e. The molecule has 1 aliphatic rings. The SMILES string of the molecule is Cc1ccccc1NC(=O)CC(=O)Nc1ccc2c(c1)OCCO2. The van der Waals surface area contributed by atoms with Crippen LogP contribution in [0.3, 0.4) is 0 Å². The summed E-state index contributed by atoms with van der Waals surface area (Å²) in [6.07, 6.45) is -0.261. The van der Waals surface area contributed by atoms with Crippen molar-refractivity contribution in [2.45, 2.75) is 13.3 Å². The van der Waals surface area contributed by atoms with Gasteiger partial charge in [0.25, 0.3) is 0 Å². The number of carbonyl (C=O) groups is 2. The van der Waals surface area contributed by atoms with Crippen LogP contribution in [0.5, 0.6) is 11.5 Å². The van der Waals surface area contributed by atoms with Gasteiger partial charge in [0.1, 0.15) is 19.6 Å². The molecule has 1 heterocycles. The molecule has 24 heavy (non-hydrogen) atoms. The summed E-state index contributed by atoms with van der Waals surface area (Å²) in [5.41, 5.74) is 2.21. The Kier molecular flexibility index (Phi) is 4.65. The second kappa shape index (κ2) is 7.04. The number of ether oxygens (including phenoxy) is 2. The monoisotopic (exact) mass is 326 g/mol. The van der Waals surface area contributed by atoms with E-state index in [1.807, 2.05) is 25.1 Å². The van der Waals surface area contributed by atoms with E-state index in [4.69, 9.17) is 9.47 Å². The highest BCUT2D eigenvalue weighted by Crippen LogP contribution is 2.32. The summed E-state index contributed by atoms with van der Waals surface area (Å²) in [6, 6.07) is 12.5. The van der Waals surface area contributed by atoms with Gasteiger partial charge in [0.2, 0.25) is 11.8 Å². The van der Waals surface area contributed by atoms with Crippen molar-refractivity contribution in [3.63, 3.8) is 0 Å². The molecule has 6 nitrogen and oxygen atoms in total. The molecule has 0 saturated carbocycles. The van der Waals surface area contributed by atoms with Crippen LogP contribution in [-0.4, -0.2) is 25.0 Å². The van der Waals surface area contributed by atoms with Crippen LogP contribution in [0, 0.1) is 6.92 Å². The second-order valence-corrected chi connectivity index (χ2v) is 5.45. The standard InChI is InChI=1S/C18H18N2O4/c1-12-4-2-3-5-14(12)20-18(22)11-17(21)19-13-6-7-15-16(10-13)24-9-8-23-15/h2-7,10H,8-9,11H2,1H3,(H,19,21)(H,20,22). The molecule has 6 heteroatoms. The van der Waals surface area contributed by atoms with E-state index in [0.717, 1.165) is 5.56 Å². The molecule has 0 bridgehead atoms. The fourth-order valence-corrected chi connectivity index (χ4v) is 2.38. The summed E-state index contributed by atoms with van der Waals surface area (Å²) >= 11 is 0. The summed E-state index contributed by atoms with van der Waals surface area (Å²) in [5.74, 6) is 0.483. The summed E-state index contributed by atoms with van der Waals surface area (Å²) < 4.78 is 10.9. The molecule has 0 atom stereocenters. The minimum atomic E-state index is -0.391. The fourth-order valence-electron chi connectivity index (χ4n) is 2.38. The number of rotatable bonds is 4. The van der Waals surface area contributed by atoms with Crippen molar-refractivity contribution in [1.29, 1.82) is 0 Å². The van der Waals surface area contributed by atoms with Gasteiger partial charge in [0.05, 0.1) is 0 Å². The number of nitrogens with one attached hydrogen (secondary N) is 2. The Bertz CT molecular complexity index is 773. The molecule has 0 spiro atoms. The fraction of sp³-hybridized carbons (Fsp3) is 0.222. The van der Waals surface area contributed by atoms with Gasteiger partial charge in [-0.15, -0.1) is 0 Å². The van der Waals surface area contributed by atoms with Crippen molar-refractivity contribution in [3.8, 4) is 11.5 Å². The van der Waals surface area contributed by atoms with Crippen LogP contribution in [-0.2, 0) is 9.59 Å². The third-order valence-electron chi connectivity index (χ3n) is 3.57. The van der Waals surface area contributed by atoms with Crippen LogP contribution in [0.2, 0.25) is 0 Å². The van der Waals surface area contributed by atoms with Crippen LogP contribution in [0.25, 0.3) is 0 Å². The normalized spacial score (nSPS) is 12.4. The molecule has 0 radical (unpaired) electrons. The largest absolute Gasteiger partial charge is 0.486 e. The molecule has 3 rings (SSSR count). The number of aryl methyl sites for hydroxylation is 1. The third-order valence-corrected chi connectivity index (χ3v) is 3.57. The summed E-state index contributed by atoms with van der Waals surface area (Å²) in [6.45, 7) is 2.88. The molecule has 1 aliphatic heterocycles. The highest BCUT2D eigenvalue weighted by molar-refractivity contribution is 6.08. The lowest BCUT2D eigenvalue weighted by atomic mass is 10.2. The Morgan fingerprint density at radius 3 is 2.46 bits per heavy atom. The lowest BCUT2D eigenvalue weighted by molar-refractivity contribution is -0.123. The molecule has 2 amide bonds. The van der Waals surface area contributed by atoms with Gasteiger partial charge < -0.3 is 20.1 Å². The molecule has 2 aromatic rings. The molecule has 0 aromatic heterocycles. The zero-order chi connectivity index (χ0) is 16.9. The molecular weight excluding hydrogens is 308 g/mol. The van der Waals surface area contributed by atoms with E-state index in [0.29, 0.717) is 36.1 Å². The Morgan fingerprint density at radius 1 is 0.958 bits per heavy atom. The van der Waals surface area contributed by atoms with Crippen molar-refractivity contribution >= 4 is 23.2 Å². The number of anilines is 2. The summed E-state index contributed by atoms with van der Waals surface area (Å²) in [7, 11) is 0. The van der Waals surface area contributed by atoms with Crippen LogP contribution in [0.1, 0.15) is 12.0 Å². The van der Waals surface area contributed by atoms with Crippen LogP contribution in [0.15, 0.2) is 42.5 Å². The number of amides is 2. The third kappa shape index (κ3) is 3.84. The van der Waals surface area contributed by atoms with E-state index in [1.165, 1.54) is 0 Å². The first-order chi connectivity index (χ1) is 11.6. The van der Waals surface area contributed by atoms with Gasteiger partial charge in [-0.05, 0) is 30.7 Å². The van der Waals surface area contributed by atoms with Gasteiger partial charge in [-0.25, -0.2) is 0 Å². The predicted octanol–water partition coefficient (Wildman–Crippen LogP) is 2.73. The van der Waals surface area contributed by atoms with E-state index in [2.05, 4.69) is 10.6 Å². The van der Waals surface area contributed by atoms with Gasteiger partial charge in [-0.2, -0.15) is 0 Å². The van der Waals surface area contributed by atoms with Gasteiger partial charge >= 0.3 is 0 Å². The molecule has 2 N–H and O–H groups in total. The molecule has 0 unspecified atom stereocenters. The number of benzene rings is 2. The van der Waals surface area contributed by atoms with Gasteiger partial charge in [-0.3, -0.25) is 9.59 Å². The number of hydrogen-bond donors (Lipinski definition) is 2. The van der Waals surface area contributed by atoms with Crippen molar-refractivity contribution < 1.29 is 19.1 Å². The first-order valence-corrected chi connectivity index (χ1v) is 7.67. The zero-order valence-electron chi connectivity index (χ0n) is 13.3. The van der Waals surface area contributed by atoms with Gasteiger partial charge in [-0.1, -0.05) is 18.2 Å². The quantitative estimate of drug-likeness (QED) is 0.847. The number of carbonyl (C=O) groups excluding carboxylic acids is 2. The number of fused-ring (bicyclic) bond motifs is 1. The highest BCUT2D eigenvalue weighted by atomic mass is 16.6. The first-order valence-electron chi connectivity index (χ1n) is 7.67. The number of hydrogen-bond acceptors (Lipinski definition) is 4. The average Bonchev–Trinajstić information content (AvgIpc) is 2.56. The lowest BCUT2D eigenvalue weighted by Gasteiger charge is -2.19. The van der Waals surface area contributed by atoms with Gasteiger partial charge in [0.15, 0.2) is 11.5 Å². The van der Waals surface area contributed by atoms with E-state index in [1.54, 1.807) is 24.3 Å². The molecule has 124 valence electrons. The first kappa shape index (κ1) is 15.9. The van der Waals surface area contributed by atoms with Crippen molar-refractivity contribution in [2.24, 2.45) is 0 Å². The van der Waals surface area contributed by atoms with E-state index in [9.17, 15) is 9.59 Å². The highest BCUT2D eigenvalue weighted by Gasteiger charge is 2.14. The van der Waals surface area contributed by atoms with E-state index in [-0.39, 0.29) is 12.3 Å². The van der Waals surface area contributed by atoms with Crippen LogP contribution < -0.4 is 20.1 Å². The van der Waals surface area contributed by atoms with Crippen molar-refractivity contribution in [2.75, 3.05) is 23.8 Å². The Morgan fingerprint density at radius 2 is 1.67 bits per heavy atom. The van der Waals surface area contributed by atoms with Crippen LogP contribution >= 0.6 is 0 Å². The number of para-hydroxylation sites is 1. The maximum absolute atomic E-state index is 12.0. The maximum Gasteiger partial charge on any atom is 0.233 e. The molecule has 2 aromatic carbocycles. The molecule has 0 saturated heterocycles. The molecule has 0 fully saturated rings. The average molecular weight is 326 g/mol. The van der Waals surface area contributed by atoms with E-state index < -0.39 is 5.91 Å². The van der Waals surface area contributed by atoms with Crippen molar-refractivity contribution in [3.05, 3.63) is 48.0 Å². The van der Waals surface area contributed by atoms with Crippen LogP contribution in [0.4, 0.5) is 11.4 Å². The summed E-state index contributed by atoms with van der Waals surface area (Å²) in [4.78, 5) is 24.0.